The molecule has 3 aromatic rings. The third-order valence-electron chi connectivity index (χ3n) is 6.85. The lowest BCUT2D eigenvalue weighted by Crippen LogP contribution is -2.50. The predicted octanol–water partition coefficient (Wildman–Crippen LogP) is 3.82. The highest BCUT2D eigenvalue weighted by molar-refractivity contribution is 7.89. The van der Waals surface area contributed by atoms with Crippen LogP contribution in [0.1, 0.15) is 19.4 Å². The first-order valence-corrected chi connectivity index (χ1v) is 13.9. The quantitative estimate of drug-likeness (QED) is 0.510. The van der Waals surface area contributed by atoms with Gasteiger partial charge < -0.3 is 14.7 Å². The number of amides is 1. The van der Waals surface area contributed by atoms with E-state index in [1.54, 1.807) is 37.1 Å². The highest BCUT2D eigenvalue weighted by atomic mass is 32.2. The molecule has 37 heavy (non-hydrogen) atoms. The molecule has 1 amide bonds. The molecule has 0 fully saturated rings. The summed E-state index contributed by atoms with van der Waals surface area (Å²) >= 11 is 0. The van der Waals surface area contributed by atoms with Crippen LogP contribution in [0.4, 0.5) is 0 Å². The lowest BCUT2D eigenvalue weighted by atomic mass is 10.0. The number of hydrogen-bond donors (Lipinski definition) is 1. The third kappa shape index (κ3) is 6.04. The van der Waals surface area contributed by atoms with Gasteiger partial charge in [0.25, 0.3) is 0 Å². The maximum absolute atomic E-state index is 13.7. The number of benzene rings is 3. The van der Waals surface area contributed by atoms with Gasteiger partial charge in [-0.2, -0.15) is 4.31 Å². The smallest absolute Gasteiger partial charge is 0.247 e. The van der Waals surface area contributed by atoms with E-state index in [9.17, 15) is 18.3 Å². The summed E-state index contributed by atoms with van der Waals surface area (Å²) in [5, 5.41) is 9.84. The fourth-order valence-electron chi connectivity index (χ4n) is 4.53. The zero-order chi connectivity index (χ0) is 26.6. The average molecular weight is 523 g/mol. The molecule has 0 saturated carbocycles. The maximum Gasteiger partial charge on any atom is 0.247 e. The highest BCUT2D eigenvalue weighted by Crippen LogP contribution is 2.36. The van der Waals surface area contributed by atoms with Gasteiger partial charge in [-0.3, -0.25) is 4.79 Å². The van der Waals surface area contributed by atoms with Crippen molar-refractivity contribution < 1.29 is 23.1 Å². The largest absolute Gasteiger partial charge is 0.487 e. The number of carbonyl (C=O) groups excluding carboxylic acids is 1. The van der Waals surface area contributed by atoms with E-state index in [2.05, 4.69) is 0 Å². The molecule has 3 atom stereocenters. The number of fused-ring (bicyclic) bond motifs is 1. The molecule has 1 N–H and O–H groups in total. The highest BCUT2D eigenvalue weighted by Gasteiger charge is 2.38. The molecule has 0 radical (unpaired) electrons. The Bertz CT molecular complexity index is 1310. The number of aliphatic hydroxyl groups excluding tert-OH is 1. The van der Waals surface area contributed by atoms with Crippen molar-refractivity contribution in [1.29, 1.82) is 0 Å². The van der Waals surface area contributed by atoms with Crippen LogP contribution < -0.4 is 4.74 Å². The minimum Gasteiger partial charge on any atom is -0.487 e. The molecule has 0 spiro atoms. The zero-order valence-electron chi connectivity index (χ0n) is 21.4. The number of carbonyl (C=O) groups is 1. The molecule has 0 aliphatic carbocycles. The molecule has 0 aromatic heterocycles. The van der Waals surface area contributed by atoms with Crippen LogP contribution in [-0.4, -0.2) is 67.5 Å². The minimum atomic E-state index is -3.93. The zero-order valence-corrected chi connectivity index (χ0v) is 22.3. The van der Waals surface area contributed by atoms with E-state index in [0.29, 0.717) is 6.54 Å². The van der Waals surface area contributed by atoms with E-state index in [4.69, 9.17) is 4.74 Å². The first-order valence-electron chi connectivity index (χ1n) is 12.5. The van der Waals surface area contributed by atoms with Crippen LogP contribution in [0.2, 0.25) is 0 Å². The number of ether oxygens (including phenoxy) is 1. The van der Waals surface area contributed by atoms with Crippen LogP contribution in [-0.2, 0) is 21.2 Å². The first-order chi connectivity index (χ1) is 17.7. The molecule has 0 unspecified atom stereocenters. The summed E-state index contributed by atoms with van der Waals surface area (Å²) in [4.78, 5) is 14.7. The van der Waals surface area contributed by atoms with Crippen molar-refractivity contribution in [3.05, 3.63) is 84.4 Å². The van der Waals surface area contributed by atoms with Gasteiger partial charge in [-0.05, 0) is 35.7 Å². The Kier molecular flexibility index (Phi) is 8.32. The van der Waals surface area contributed by atoms with E-state index in [-0.39, 0.29) is 42.0 Å². The van der Waals surface area contributed by atoms with Crippen LogP contribution in [0.25, 0.3) is 11.1 Å². The van der Waals surface area contributed by atoms with Crippen molar-refractivity contribution in [2.45, 2.75) is 37.3 Å². The molecule has 0 saturated heterocycles. The average Bonchev–Trinajstić information content (AvgIpc) is 2.91. The van der Waals surface area contributed by atoms with Crippen molar-refractivity contribution in [3.63, 3.8) is 0 Å². The molecular formula is C29H34N2O5S. The molecular weight excluding hydrogens is 488 g/mol. The van der Waals surface area contributed by atoms with E-state index in [1.165, 1.54) is 4.31 Å². The second-order valence-corrected chi connectivity index (χ2v) is 11.6. The molecule has 196 valence electrons. The van der Waals surface area contributed by atoms with Crippen LogP contribution in [0, 0.1) is 5.92 Å². The van der Waals surface area contributed by atoms with Crippen molar-refractivity contribution in [3.8, 4) is 16.9 Å². The minimum absolute atomic E-state index is 0.0458. The topological polar surface area (TPSA) is 87.2 Å². The van der Waals surface area contributed by atoms with Gasteiger partial charge in [-0.1, -0.05) is 73.7 Å². The molecule has 1 heterocycles. The van der Waals surface area contributed by atoms with Gasteiger partial charge in [-0.25, -0.2) is 8.42 Å². The lowest BCUT2D eigenvalue weighted by molar-refractivity contribution is -0.130. The lowest BCUT2D eigenvalue weighted by Gasteiger charge is -2.37. The number of nitrogens with zero attached hydrogens (tertiary/aromatic N) is 2. The molecule has 1 aliphatic rings. The van der Waals surface area contributed by atoms with Crippen LogP contribution in [0.5, 0.6) is 5.75 Å². The summed E-state index contributed by atoms with van der Waals surface area (Å²) in [6, 6.07) is 23.7. The third-order valence-corrected chi connectivity index (χ3v) is 8.87. The molecule has 1 aliphatic heterocycles. The van der Waals surface area contributed by atoms with E-state index in [1.807, 2.05) is 67.6 Å². The van der Waals surface area contributed by atoms with E-state index in [0.717, 1.165) is 16.7 Å². The summed E-state index contributed by atoms with van der Waals surface area (Å²) in [6.45, 7) is 3.76. The van der Waals surface area contributed by atoms with Gasteiger partial charge in [0.15, 0.2) is 0 Å². The van der Waals surface area contributed by atoms with Gasteiger partial charge in [0.2, 0.25) is 15.9 Å². The summed E-state index contributed by atoms with van der Waals surface area (Å²) in [7, 11) is -2.18. The molecule has 8 heteroatoms. The second kappa shape index (κ2) is 11.5. The predicted molar refractivity (Wildman–Crippen MR) is 144 cm³/mol. The Balaban J connectivity index is 1.69. The summed E-state index contributed by atoms with van der Waals surface area (Å²) in [5.74, 6) is -0.0447. The van der Waals surface area contributed by atoms with Crippen LogP contribution >= 0.6 is 0 Å². The Hall–Kier alpha value is -3.20. The summed E-state index contributed by atoms with van der Waals surface area (Å²) < 4.78 is 35.1. The van der Waals surface area contributed by atoms with Gasteiger partial charge in [0.1, 0.15) is 16.7 Å². The summed E-state index contributed by atoms with van der Waals surface area (Å²) in [5.41, 5.74) is 2.70. The first kappa shape index (κ1) is 26.9. The Morgan fingerprint density at radius 2 is 1.70 bits per heavy atom. The Morgan fingerprint density at radius 3 is 2.35 bits per heavy atom. The number of aliphatic hydroxyl groups is 1. The van der Waals surface area contributed by atoms with Crippen LogP contribution in [0.3, 0.4) is 0 Å². The van der Waals surface area contributed by atoms with Crippen molar-refractivity contribution in [1.82, 2.24) is 9.21 Å². The molecule has 7 nitrogen and oxygen atoms in total. The molecule has 0 bridgehead atoms. The van der Waals surface area contributed by atoms with Crippen molar-refractivity contribution in [2.75, 3.05) is 26.7 Å². The van der Waals surface area contributed by atoms with Crippen LogP contribution in [0.15, 0.2) is 83.8 Å². The van der Waals surface area contributed by atoms with Gasteiger partial charge in [0.05, 0.1) is 19.6 Å². The summed E-state index contributed by atoms with van der Waals surface area (Å²) in [6.07, 6.45) is -0.187. The Morgan fingerprint density at radius 1 is 1.05 bits per heavy atom. The Labute approximate surface area is 219 Å². The van der Waals surface area contributed by atoms with Crippen molar-refractivity contribution >= 4 is 15.9 Å². The number of sulfonamides is 1. The van der Waals surface area contributed by atoms with Gasteiger partial charge in [0, 0.05) is 25.6 Å². The number of likely N-dealkylation sites (N-methyl/N-ethyl adjacent to an activating group) is 1. The standard InChI is InChI=1S/C29H34N2O5S/c1-21-18-31(22(2)20-32)37(34,35)28-15-14-25(24-12-8-5-9-13-24)17-26(28)36-27(21)19-30(3)29(33)16-23-10-6-4-7-11-23/h4-15,17,21-22,27,32H,16,18-20H2,1-3H3/t21-,22+,27+/m0/s1. The van der Waals surface area contributed by atoms with Gasteiger partial charge >= 0.3 is 0 Å². The van der Waals surface area contributed by atoms with Gasteiger partial charge in [-0.15, -0.1) is 0 Å². The van der Waals surface area contributed by atoms with E-state index < -0.39 is 22.2 Å². The SMILES string of the molecule is C[C@H](CO)N1C[C@H](C)[C@@H](CN(C)C(=O)Cc2ccccc2)Oc2cc(-c3ccccc3)ccc2S1(=O)=O. The fraction of sp³-hybridized carbons (Fsp3) is 0.345. The van der Waals surface area contributed by atoms with Crippen molar-refractivity contribution in [2.24, 2.45) is 5.92 Å². The normalized spacial score (nSPS) is 20.1. The number of hydrogen-bond acceptors (Lipinski definition) is 5. The fourth-order valence-corrected chi connectivity index (χ4v) is 6.36. The molecule has 3 aromatic carbocycles. The monoisotopic (exact) mass is 522 g/mol. The number of rotatable bonds is 7. The molecule has 4 rings (SSSR count). The van der Waals surface area contributed by atoms with E-state index >= 15 is 0 Å². The maximum atomic E-state index is 13.7. The second-order valence-electron chi connectivity index (χ2n) is 9.70.